The van der Waals surface area contributed by atoms with Crippen molar-refractivity contribution >= 4 is 27.5 Å². The SMILES string of the molecule is CN(CC1CCCO1)c1ccc(/C(N)=N/O)c(Br)c1. The van der Waals surface area contributed by atoms with Gasteiger partial charge in [0.2, 0.25) is 0 Å². The minimum atomic E-state index is 0.0974. The van der Waals surface area contributed by atoms with Gasteiger partial charge in [0.25, 0.3) is 0 Å². The van der Waals surface area contributed by atoms with Gasteiger partial charge in [0.15, 0.2) is 5.84 Å². The molecule has 0 spiro atoms. The van der Waals surface area contributed by atoms with Gasteiger partial charge in [0, 0.05) is 35.9 Å². The number of rotatable bonds is 4. The van der Waals surface area contributed by atoms with Crippen LogP contribution in [0.3, 0.4) is 0 Å². The van der Waals surface area contributed by atoms with E-state index in [2.05, 4.69) is 26.0 Å². The second-order valence-electron chi connectivity index (χ2n) is 4.66. The van der Waals surface area contributed by atoms with E-state index in [-0.39, 0.29) is 5.84 Å². The summed E-state index contributed by atoms with van der Waals surface area (Å²) < 4.78 is 6.43. The van der Waals surface area contributed by atoms with Gasteiger partial charge in [-0.2, -0.15) is 0 Å². The fourth-order valence-electron chi connectivity index (χ4n) is 2.20. The lowest BCUT2D eigenvalue weighted by Gasteiger charge is -2.23. The van der Waals surface area contributed by atoms with E-state index >= 15 is 0 Å². The highest BCUT2D eigenvalue weighted by molar-refractivity contribution is 9.10. The molecule has 5 nitrogen and oxygen atoms in total. The molecule has 0 bridgehead atoms. The molecule has 0 radical (unpaired) electrons. The summed E-state index contributed by atoms with van der Waals surface area (Å²) in [6.07, 6.45) is 2.57. The van der Waals surface area contributed by atoms with Crippen LogP contribution in [0.4, 0.5) is 5.69 Å². The maximum atomic E-state index is 8.70. The molecule has 1 aliphatic heterocycles. The molecule has 2 rings (SSSR count). The molecule has 0 aliphatic carbocycles. The summed E-state index contributed by atoms with van der Waals surface area (Å²) in [6, 6.07) is 5.75. The molecule has 19 heavy (non-hydrogen) atoms. The lowest BCUT2D eigenvalue weighted by molar-refractivity contribution is 0.116. The largest absolute Gasteiger partial charge is 0.409 e. The van der Waals surface area contributed by atoms with Gasteiger partial charge in [-0.25, -0.2) is 0 Å². The van der Waals surface area contributed by atoms with Gasteiger partial charge in [-0.05, 0) is 47.0 Å². The number of ether oxygens (including phenoxy) is 1. The maximum absolute atomic E-state index is 8.70. The van der Waals surface area contributed by atoms with Crippen molar-refractivity contribution in [2.75, 3.05) is 25.1 Å². The average Bonchev–Trinajstić information content (AvgIpc) is 2.90. The van der Waals surface area contributed by atoms with Crippen LogP contribution in [0.15, 0.2) is 27.8 Å². The summed E-state index contributed by atoms with van der Waals surface area (Å²) in [7, 11) is 2.03. The van der Waals surface area contributed by atoms with Crippen molar-refractivity contribution in [3.8, 4) is 0 Å². The third-order valence-corrected chi connectivity index (χ3v) is 3.93. The molecule has 1 atom stereocenters. The minimum absolute atomic E-state index is 0.0974. The van der Waals surface area contributed by atoms with E-state index in [1.54, 1.807) is 0 Å². The molecule has 1 fully saturated rings. The molecule has 1 aromatic carbocycles. The Bertz CT molecular complexity index is 473. The number of oxime groups is 1. The van der Waals surface area contributed by atoms with Gasteiger partial charge in [0.1, 0.15) is 0 Å². The van der Waals surface area contributed by atoms with E-state index in [1.165, 1.54) is 0 Å². The number of amidine groups is 1. The molecule has 1 unspecified atom stereocenters. The number of hydrogen-bond donors (Lipinski definition) is 2. The number of benzene rings is 1. The molecule has 0 amide bonds. The Hall–Kier alpha value is -1.27. The van der Waals surface area contributed by atoms with Gasteiger partial charge in [-0.3, -0.25) is 0 Å². The highest BCUT2D eigenvalue weighted by Gasteiger charge is 2.18. The van der Waals surface area contributed by atoms with Crippen LogP contribution in [-0.2, 0) is 4.74 Å². The van der Waals surface area contributed by atoms with Crippen LogP contribution < -0.4 is 10.6 Å². The Labute approximate surface area is 121 Å². The summed E-state index contributed by atoms with van der Waals surface area (Å²) >= 11 is 3.44. The lowest BCUT2D eigenvalue weighted by Crippen LogP contribution is -2.28. The van der Waals surface area contributed by atoms with Gasteiger partial charge < -0.3 is 20.6 Å². The molecule has 1 aliphatic rings. The minimum Gasteiger partial charge on any atom is -0.409 e. The molecule has 1 heterocycles. The molecule has 0 saturated carbocycles. The molecule has 1 saturated heterocycles. The van der Waals surface area contributed by atoms with Gasteiger partial charge in [0.05, 0.1) is 6.10 Å². The first kappa shape index (κ1) is 14.1. The first-order chi connectivity index (χ1) is 9.11. The van der Waals surface area contributed by atoms with Crippen molar-refractivity contribution in [2.45, 2.75) is 18.9 Å². The van der Waals surface area contributed by atoms with E-state index in [0.29, 0.717) is 11.7 Å². The molecule has 3 N–H and O–H groups in total. The zero-order valence-corrected chi connectivity index (χ0v) is 12.4. The lowest BCUT2D eigenvalue weighted by atomic mass is 10.1. The first-order valence-corrected chi connectivity index (χ1v) is 7.01. The molecule has 1 aromatic rings. The van der Waals surface area contributed by atoms with Crippen molar-refractivity contribution in [2.24, 2.45) is 10.9 Å². The summed E-state index contributed by atoms with van der Waals surface area (Å²) in [4.78, 5) is 2.15. The zero-order chi connectivity index (χ0) is 13.8. The van der Waals surface area contributed by atoms with Crippen molar-refractivity contribution < 1.29 is 9.94 Å². The van der Waals surface area contributed by atoms with Crippen molar-refractivity contribution in [3.05, 3.63) is 28.2 Å². The number of likely N-dealkylation sites (N-methyl/N-ethyl adjacent to an activating group) is 1. The Morgan fingerprint density at radius 1 is 1.63 bits per heavy atom. The number of nitrogens with zero attached hydrogens (tertiary/aromatic N) is 2. The van der Waals surface area contributed by atoms with E-state index in [4.69, 9.17) is 15.7 Å². The molecular formula is C13H18BrN3O2. The van der Waals surface area contributed by atoms with E-state index in [0.717, 1.165) is 36.2 Å². The highest BCUT2D eigenvalue weighted by atomic mass is 79.9. The van der Waals surface area contributed by atoms with E-state index in [9.17, 15) is 0 Å². The quantitative estimate of drug-likeness (QED) is 0.385. The summed E-state index contributed by atoms with van der Waals surface area (Å²) in [5, 5.41) is 11.7. The standard InChI is InChI=1S/C13H18BrN3O2/c1-17(8-10-3-2-6-19-10)9-4-5-11(12(14)7-9)13(15)16-18/h4-5,7,10,18H,2-3,6,8H2,1H3,(H2,15,16). The molecule has 6 heteroatoms. The second-order valence-corrected chi connectivity index (χ2v) is 5.52. The van der Waals surface area contributed by atoms with Crippen LogP contribution in [0.25, 0.3) is 0 Å². The molecule has 0 aromatic heterocycles. The van der Waals surface area contributed by atoms with Crippen LogP contribution in [0, 0.1) is 0 Å². The van der Waals surface area contributed by atoms with Gasteiger partial charge in [-0.15, -0.1) is 0 Å². The normalized spacial score (nSPS) is 19.7. The fraction of sp³-hybridized carbons (Fsp3) is 0.462. The van der Waals surface area contributed by atoms with E-state index in [1.807, 2.05) is 25.2 Å². The summed E-state index contributed by atoms with van der Waals surface area (Å²) in [5.74, 6) is 0.0974. The number of nitrogens with two attached hydrogens (primary N) is 1. The fourth-order valence-corrected chi connectivity index (χ4v) is 2.77. The van der Waals surface area contributed by atoms with Crippen LogP contribution in [0.5, 0.6) is 0 Å². The van der Waals surface area contributed by atoms with Gasteiger partial charge in [-0.1, -0.05) is 5.16 Å². The zero-order valence-electron chi connectivity index (χ0n) is 10.8. The topological polar surface area (TPSA) is 71.1 Å². The van der Waals surface area contributed by atoms with E-state index < -0.39 is 0 Å². The van der Waals surface area contributed by atoms with Crippen LogP contribution >= 0.6 is 15.9 Å². The van der Waals surface area contributed by atoms with Crippen LogP contribution in [0.2, 0.25) is 0 Å². The highest BCUT2D eigenvalue weighted by Crippen LogP contribution is 2.24. The van der Waals surface area contributed by atoms with Gasteiger partial charge >= 0.3 is 0 Å². The van der Waals surface area contributed by atoms with Crippen LogP contribution in [0.1, 0.15) is 18.4 Å². The van der Waals surface area contributed by atoms with Crippen molar-refractivity contribution in [1.29, 1.82) is 0 Å². The third kappa shape index (κ3) is 3.39. The monoisotopic (exact) mass is 327 g/mol. The summed E-state index contributed by atoms with van der Waals surface area (Å²) in [5.41, 5.74) is 7.33. The number of anilines is 1. The Balaban J connectivity index is 2.10. The number of hydrogen-bond acceptors (Lipinski definition) is 4. The third-order valence-electron chi connectivity index (χ3n) is 3.28. The molecular weight excluding hydrogens is 310 g/mol. The second kappa shape index (κ2) is 6.25. The van der Waals surface area contributed by atoms with Crippen LogP contribution in [-0.4, -0.2) is 37.3 Å². The molecule has 104 valence electrons. The first-order valence-electron chi connectivity index (χ1n) is 6.22. The Morgan fingerprint density at radius 2 is 2.42 bits per heavy atom. The van der Waals surface area contributed by atoms with Crippen molar-refractivity contribution in [1.82, 2.24) is 0 Å². The predicted molar refractivity (Wildman–Crippen MR) is 78.9 cm³/mol. The predicted octanol–water partition coefficient (Wildman–Crippen LogP) is 2.16. The Kier molecular flexibility index (Phi) is 4.66. The Morgan fingerprint density at radius 3 is 3.00 bits per heavy atom. The maximum Gasteiger partial charge on any atom is 0.171 e. The smallest absolute Gasteiger partial charge is 0.171 e. The summed E-state index contributed by atoms with van der Waals surface area (Å²) in [6.45, 7) is 1.74. The number of halogens is 1. The van der Waals surface area contributed by atoms with Crippen molar-refractivity contribution in [3.63, 3.8) is 0 Å². The average molecular weight is 328 g/mol.